The van der Waals surface area contributed by atoms with E-state index in [1.165, 1.54) is 0 Å². The maximum atomic E-state index is 13.7. The predicted molar refractivity (Wildman–Crippen MR) is 164 cm³/mol. The van der Waals surface area contributed by atoms with E-state index in [1.807, 2.05) is 30.3 Å². The molecule has 6 N–H and O–H groups in total. The first-order valence-electron chi connectivity index (χ1n) is 15.9. The summed E-state index contributed by atoms with van der Waals surface area (Å²) in [6.45, 7) is 0.773. The quantitative estimate of drug-likeness (QED) is 0.224. The Morgan fingerprint density at radius 2 is 1.64 bits per heavy atom. The minimum Gasteiger partial charge on any atom is -0.481 e. The predicted octanol–water partition coefficient (Wildman–Crippen LogP) is 2.30. The van der Waals surface area contributed by atoms with Crippen molar-refractivity contribution in [1.29, 1.82) is 0 Å². The number of carbonyl (C=O) groups is 6. The number of aliphatic carboxylic acids is 1. The van der Waals surface area contributed by atoms with Gasteiger partial charge in [0.15, 0.2) is 0 Å². The summed E-state index contributed by atoms with van der Waals surface area (Å²) in [5, 5.41) is 11.7. The number of hydrogen-bond donors (Lipinski definition) is 4. The Bertz CT molecular complexity index is 1170. The van der Waals surface area contributed by atoms with Gasteiger partial charge in [0.1, 0.15) is 18.7 Å². The molecule has 0 bridgehead atoms. The number of nitrogens with zero attached hydrogens (tertiary/aromatic N) is 2. The molecule has 0 spiro atoms. The Morgan fingerprint density at radius 1 is 0.978 bits per heavy atom. The number of nitrogens with one attached hydrogen (secondary N) is 1. The van der Waals surface area contributed by atoms with E-state index in [9.17, 15) is 33.9 Å². The molecule has 13 heteroatoms. The number of carbonyl (C=O) groups excluding carboxylic acids is 5. The van der Waals surface area contributed by atoms with Crippen LogP contribution < -0.4 is 16.8 Å². The maximum absolute atomic E-state index is 13.7. The van der Waals surface area contributed by atoms with Crippen LogP contribution in [0.15, 0.2) is 30.3 Å². The second kappa shape index (κ2) is 18.1. The second-order valence-electron chi connectivity index (χ2n) is 12.0. The highest BCUT2D eigenvalue weighted by atomic mass is 16.6. The van der Waals surface area contributed by atoms with E-state index in [-0.39, 0.29) is 37.4 Å². The lowest BCUT2D eigenvalue weighted by Gasteiger charge is -2.34. The first-order chi connectivity index (χ1) is 21.6. The van der Waals surface area contributed by atoms with Gasteiger partial charge in [0, 0.05) is 19.5 Å². The van der Waals surface area contributed by atoms with Crippen molar-refractivity contribution in [2.45, 2.75) is 95.7 Å². The van der Waals surface area contributed by atoms with Gasteiger partial charge in [0.25, 0.3) is 5.91 Å². The Balaban J connectivity index is 1.61. The van der Waals surface area contributed by atoms with Gasteiger partial charge >= 0.3 is 12.1 Å². The third-order valence-electron chi connectivity index (χ3n) is 8.71. The van der Waals surface area contributed by atoms with E-state index < -0.39 is 54.6 Å². The number of carboxylic acid groups (broad SMARTS) is 1. The van der Waals surface area contributed by atoms with Crippen molar-refractivity contribution in [2.75, 3.05) is 19.6 Å². The molecule has 2 fully saturated rings. The number of rotatable bonds is 15. The molecule has 1 saturated carbocycles. The number of carboxylic acids is 1. The summed E-state index contributed by atoms with van der Waals surface area (Å²) in [4.78, 5) is 78.6. The molecular formula is C32H47N5O8. The Hall–Kier alpha value is -4.00. The maximum Gasteiger partial charge on any atom is 0.410 e. The van der Waals surface area contributed by atoms with Gasteiger partial charge in [0.05, 0.1) is 13.0 Å². The fourth-order valence-corrected chi connectivity index (χ4v) is 6.21. The van der Waals surface area contributed by atoms with Crippen LogP contribution in [0.4, 0.5) is 4.79 Å². The Morgan fingerprint density at radius 3 is 2.24 bits per heavy atom. The lowest BCUT2D eigenvalue weighted by molar-refractivity contribution is -0.155. The van der Waals surface area contributed by atoms with Crippen molar-refractivity contribution in [2.24, 2.45) is 23.3 Å². The summed E-state index contributed by atoms with van der Waals surface area (Å²) in [6, 6.07) is 6.59. The standard InChI is InChI=1S/C32H47N5O8/c33-20-27(38)35-25(19-29(40)41)31(43)37(26(30(34)42)18-23-8-3-1-4-9-23)28(39)13-7-12-22-14-16-36(17-15-22)32(44)45-21-24-10-5-2-6-11-24/h2,5-6,10-11,22-23,25-26H,1,3-4,7-9,12-21,33H2,(H2,34,42)(H,35,38)(H,40,41)/t25-,26-/m0/s1. The molecule has 1 aromatic rings. The zero-order chi connectivity index (χ0) is 32.8. The van der Waals surface area contributed by atoms with Crippen molar-refractivity contribution in [3.8, 4) is 0 Å². The zero-order valence-electron chi connectivity index (χ0n) is 25.9. The number of hydrogen-bond acceptors (Lipinski definition) is 8. The number of benzene rings is 1. The van der Waals surface area contributed by atoms with Gasteiger partial charge in [-0.1, -0.05) is 62.4 Å². The number of likely N-dealkylation sites (tertiary alicyclic amines) is 1. The molecule has 1 saturated heterocycles. The van der Waals surface area contributed by atoms with Crippen molar-refractivity contribution in [3.05, 3.63) is 35.9 Å². The summed E-state index contributed by atoms with van der Waals surface area (Å²) in [5.41, 5.74) is 12.0. The molecule has 13 nitrogen and oxygen atoms in total. The molecule has 3 rings (SSSR count). The number of amides is 5. The summed E-state index contributed by atoms with van der Waals surface area (Å²) in [5.74, 6) is -4.27. The molecule has 1 heterocycles. The summed E-state index contributed by atoms with van der Waals surface area (Å²) >= 11 is 0. The zero-order valence-corrected chi connectivity index (χ0v) is 25.9. The molecule has 5 amide bonds. The Labute approximate surface area is 264 Å². The number of imide groups is 1. The van der Waals surface area contributed by atoms with Gasteiger partial charge in [-0.25, -0.2) is 4.79 Å². The topological polar surface area (TPSA) is 202 Å². The van der Waals surface area contributed by atoms with Crippen LogP contribution in [-0.4, -0.2) is 82.3 Å². The third kappa shape index (κ3) is 11.5. The lowest BCUT2D eigenvalue weighted by Crippen LogP contribution is -2.58. The molecule has 248 valence electrons. The largest absolute Gasteiger partial charge is 0.481 e. The van der Waals surface area contributed by atoms with Crippen molar-refractivity contribution < 1.29 is 38.6 Å². The van der Waals surface area contributed by atoms with Crippen molar-refractivity contribution in [1.82, 2.24) is 15.1 Å². The molecule has 0 unspecified atom stereocenters. The van der Waals surface area contributed by atoms with Crippen LogP contribution in [0.3, 0.4) is 0 Å². The van der Waals surface area contributed by atoms with Crippen molar-refractivity contribution >= 4 is 35.7 Å². The molecular weight excluding hydrogens is 582 g/mol. The van der Waals surface area contributed by atoms with Gasteiger partial charge < -0.3 is 31.5 Å². The number of nitrogens with two attached hydrogens (primary N) is 2. The molecule has 2 aliphatic rings. The van der Waals surface area contributed by atoms with Crippen LogP contribution >= 0.6 is 0 Å². The molecule has 1 aliphatic carbocycles. The fourth-order valence-electron chi connectivity index (χ4n) is 6.21. The van der Waals surface area contributed by atoms with E-state index >= 15 is 0 Å². The fraction of sp³-hybridized carbons (Fsp3) is 0.625. The van der Waals surface area contributed by atoms with E-state index in [1.54, 1.807) is 4.90 Å². The number of piperidine rings is 1. The lowest BCUT2D eigenvalue weighted by atomic mass is 9.84. The van der Waals surface area contributed by atoms with Crippen LogP contribution in [0.2, 0.25) is 0 Å². The van der Waals surface area contributed by atoms with E-state index in [0.717, 1.165) is 55.4 Å². The molecule has 2 atom stereocenters. The smallest absolute Gasteiger partial charge is 0.410 e. The highest BCUT2D eigenvalue weighted by Crippen LogP contribution is 2.30. The normalized spacial score (nSPS) is 17.1. The molecule has 0 radical (unpaired) electrons. The average Bonchev–Trinajstić information content (AvgIpc) is 3.03. The van der Waals surface area contributed by atoms with E-state index in [0.29, 0.717) is 25.9 Å². The second-order valence-corrected chi connectivity index (χ2v) is 12.0. The summed E-state index contributed by atoms with van der Waals surface area (Å²) < 4.78 is 5.43. The van der Waals surface area contributed by atoms with Crippen LogP contribution in [0.5, 0.6) is 0 Å². The first-order valence-corrected chi connectivity index (χ1v) is 15.9. The van der Waals surface area contributed by atoms with Gasteiger partial charge in [-0.2, -0.15) is 0 Å². The monoisotopic (exact) mass is 629 g/mol. The minimum atomic E-state index is -1.58. The average molecular weight is 630 g/mol. The first kappa shape index (κ1) is 35.5. The van der Waals surface area contributed by atoms with E-state index in [2.05, 4.69) is 5.32 Å². The van der Waals surface area contributed by atoms with Gasteiger partial charge in [0.2, 0.25) is 17.7 Å². The van der Waals surface area contributed by atoms with Gasteiger partial charge in [-0.3, -0.25) is 28.9 Å². The number of primary amides is 1. The van der Waals surface area contributed by atoms with Crippen LogP contribution in [0.1, 0.15) is 82.6 Å². The number of ether oxygens (including phenoxy) is 1. The summed E-state index contributed by atoms with van der Waals surface area (Å²) in [7, 11) is 0. The van der Waals surface area contributed by atoms with Crippen LogP contribution in [-0.2, 0) is 35.3 Å². The third-order valence-corrected chi connectivity index (χ3v) is 8.71. The molecule has 0 aromatic heterocycles. The van der Waals surface area contributed by atoms with Gasteiger partial charge in [-0.15, -0.1) is 0 Å². The van der Waals surface area contributed by atoms with Crippen LogP contribution in [0.25, 0.3) is 0 Å². The Kier molecular flexibility index (Phi) is 14.3. The molecule has 1 aliphatic heterocycles. The van der Waals surface area contributed by atoms with Gasteiger partial charge in [-0.05, 0) is 49.5 Å². The SMILES string of the molecule is NCC(=O)N[C@@H](CC(=O)O)C(=O)N(C(=O)CCCC1CCN(C(=O)OCc2ccccc2)CC1)[C@@H](CC1CCCCC1)C(N)=O. The highest BCUT2D eigenvalue weighted by Gasteiger charge is 2.39. The molecule has 45 heavy (non-hydrogen) atoms. The molecule has 1 aromatic carbocycles. The minimum absolute atomic E-state index is 0.0653. The van der Waals surface area contributed by atoms with Crippen LogP contribution in [0, 0.1) is 11.8 Å². The van der Waals surface area contributed by atoms with Crippen molar-refractivity contribution in [3.63, 3.8) is 0 Å². The van der Waals surface area contributed by atoms with E-state index in [4.69, 9.17) is 16.2 Å². The summed E-state index contributed by atoms with van der Waals surface area (Å²) in [6.07, 6.45) is 6.19. The highest BCUT2D eigenvalue weighted by molar-refractivity contribution is 6.04.